The van der Waals surface area contributed by atoms with Crippen LogP contribution in [0.4, 0.5) is 0 Å². The van der Waals surface area contributed by atoms with Gasteiger partial charge in [-0.3, -0.25) is 4.79 Å². The molecule has 0 aromatic carbocycles. The molecular weight excluding hydrogens is 308 g/mol. The van der Waals surface area contributed by atoms with Crippen LogP contribution in [0.15, 0.2) is 0 Å². The summed E-state index contributed by atoms with van der Waals surface area (Å²) in [5, 5.41) is 9.17. The molecule has 150 valence electrons. The van der Waals surface area contributed by atoms with Crippen LogP contribution in [0.1, 0.15) is 124 Å². The normalized spacial score (nSPS) is 12.9. The van der Waals surface area contributed by atoms with E-state index >= 15 is 0 Å². The Labute approximate surface area is 158 Å². The smallest absolute Gasteiger partial charge is 0.306 e. The van der Waals surface area contributed by atoms with Gasteiger partial charge in [0.05, 0.1) is 5.92 Å². The summed E-state index contributed by atoms with van der Waals surface area (Å²) in [6.45, 7) is 8.67. The van der Waals surface area contributed by atoms with E-state index in [4.69, 9.17) is 5.11 Å². The maximum Gasteiger partial charge on any atom is 0.306 e. The topological polar surface area (TPSA) is 37.3 Å². The second kappa shape index (κ2) is 16.9. The molecule has 1 unspecified atom stereocenters. The molecule has 1 atom stereocenters. The first kappa shape index (κ1) is 24.5. The molecule has 0 saturated carbocycles. The minimum Gasteiger partial charge on any atom is -0.481 e. The van der Waals surface area contributed by atoms with Crippen molar-refractivity contribution in [1.82, 2.24) is 0 Å². The highest BCUT2D eigenvalue weighted by atomic mass is 16.4. The molecule has 1 N–H and O–H groups in total. The fourth-order valence-corrected chi connectivity index (χ4v) is 3.60. The standard InChI is InChI=1S/C23H46O2/c1-20(2)18-16-14-12-10-8-6-5-7-9-11-13-15-17-19-22(21(3)4)23(24)25/h20-22H,5-19H2,1-4H3,(H,24,25). The van der Waals surface area contributed by atoms with E-state index in [-0.39, 0.29) is 11.8 Å². The predicted octanol–water partition coefficient (Wildman–Crippen LogP) is 7.85. The van der Waals surface area contributed by atoms with E-state index in [1.165, 1.54) is 83.5 Å². The van der Waals surface area contributed by atoms with Crippen molar-refractivity contribution < 1.29 is 9.90 Å². The average Bonchev–Trinajstić information content (AvgIpc) is 2.53. The Kier molecular flexibility index (Phi) is 16.6. The van der Waals surface area contributed by atoms with Gasteiger partial charge in [-0.1, -0.05) is 118 Å². The third-order valence-electron chi connectivity index (χ3n) is 5.42. The van der Waals surface area contributed by atoms with E-state index in [2.05, 4.69) is 13.8 Å². The van der Waals surface area contributed by atoms with E-state index < -0.39 is 5.97 Å². The average molecular weight is 355 g/mol. The van der Waals surface area contributed by atoms with Crippen molar-refractivity contribution in [2.24, 2.45) is 17.8 Å². The molecule has 0 amide bonds. The molecule has 0 aliphatic carbocycles. The van der Waals surface area contributed by atoms with Crippen LogP contribution in [0.5, 0.6) is 0 Å². The van der Waals surface area contributed by atoms with Gasteiger partial charge in [-0.25, -0.2) is 0 Å². The van der Waals surface area contributed by atoms with Gasteiger partial charge in [0.25, 0.3) is 0 Å². The van der Waals surface area contributed by atoms with E-state index in [0.717, 1.165) is 18.8 Å². The Morgan fingerprint density at radius 2 is 0.920 bits per heavy atom. The van der Waals surface area contributed by atoms with Gasteiger partial charge >= 0.3 is 5.97 Å². The third-order valence-corrected chi connectivity index (χ3v) is 5.42. The lowest BCUT2D eigenvalue weighted by Crippen LogP contribution is -2.19. The summed E-state index contributed by atoms with van der Waals surface area (Å²) < 4.78 is 0. The van der Waals surface area contributed by atoms with Crippen LogP contribution < -0.4 is 0 Å². The summed E-state index contributed by atoms with van der Waals surface area (Å²) >= 11 is 0. The van der Waals surface area contributed by atoms with Crippen molar-refractivity contribution >= 4 is 5.97 Å². The maximum atomic E-state index is 11.1. The highest BCUT2D eigenvalue weighted by Gasteiger charge is 2.20. The number of rotatable bonds is 18. The molecule has 0 aromatic rings. The number of carboxylic acids is 1. The van der Waals surface area contributed by atoms with Gasteiger partial charge < -0.3 is 5.11 Å². The number of carboxylic acid groups (broad SMARTS) is 1. The van der Waals surface area contributed by atoms with Crippen LogP contribution in [0.25, 0.3) is 0 Å². The van der Waals surface area contributed by atoms with Crippen molar-refractivity contribution in [2.45, 2.75) is 124 Å². The van der Waals surface area contributed by atoms with E-state index in [0.29, 0.717) is 0 Å². The Morgan fingerprint density at radius 3 is 1.20 bits per heavy atom. The minimum absolute atomic E-state index is 0.148. The fourth-order valence-electron chi connectivity index (χ4n) is 3.60. The van der Waals surface area contributed by atoms with Gasteiger partial charge in [0.1, 0.15) is 0 Å². The zero-order valence-electron chi connectivity index (χ0n) is 17.7. The van der Waals surface area contributed by atoms with Crippen LogP contribution >= 0.6 is 0 Å². The molecule has 0 radical (unpaired) electrons. The molecular formula is C23H46O2. The Balaban J connectivity index is 3.23. The highest BCUT2D eigenvalue weighted by Crippen LogP contribution is 2.20. The van der Waals surface area contributed by atoms with Gasteiger partial charge in [-0.2, -0.15) is 0 Å². The molecule has 2 heteroatoms. The van der Waals surface area contributed by atoms with Gasteiger partial charge in [0.2, 0.25) is 0 Å². The van der Waals surface area contributed by atoms with Gasteiger partial charge in [0, 0.05) is 0 Å². The first-order chi connectivity index (χ1) is 11.9. The maximum absolute atomic E-state index is 11.1. The molecule has 0 bridgehead atoms. The van der Waals surface area contributed by atoms with E-state index in [1.807, 2.05) is 13.8 Å². The van der Waals surface area contributed by atoms with Crippen LogP contribution in [-0.4, -0.2) is 11.1 Å². The van der Waals surface area contributed by atoms with Crippen LogP contribution in [0.2, 0.25) is 0 Å². The molecule has 0 aliphatic rings. The summed E-state index contributed by atoms with van der Waals surface area (Å²) in [6, 6.07) is 0. The Morgan fingerprint density at radius 1 is 0.600 bits per heavy atom. The molecule has 2 nitrogen and oxygen atoms in total. The first-order valence-electron chi connectivity index (χ1n) is 11.2. The van der Waals surface area contributed by atoms with Gasteiger partial charge in [0.15, 0.2) is 0 Å². The molecule has 0 aromatic heterocycles. The second-order valence-electron chi connectivity index (χ2n) is 8.76. The monoisotopic (exact) mass is 354 g/mol. The lowest BCUT2D eigenvalue weighted by Gasteiger charge is -2.15. The van der Waals surface area contributed by atoms with Crippen molar-refractivity contribution in [1.29, 1.82) is 0 Å². The summed E-state index contributed by atoms with van der Waals surface area (Å²) in [6.07, 6.45) is 19.8. The van der Waals surface area contributed by atoms with Crippen LogP contribution in [0.3, 0.4) is 0 Å². The lowest BCUT2D eigenvalue weighted by molar-refractivity contribution is -0.143. The minimum atomic E-state index is -0.616. The van der Waals surface area contributed by atoms with Gasteiger partial charge in [-0.15, -0.1) is 0 Å². The number of aliphatic carboxylic acids is 1. The zero-order chi connectivity index (χ0) is 18.9. The highest BCUT2D eigenvalue weighted by molar-refractivity contribution is 5.70. The molecule has 0 rings (SSSR count). The van der Waals surface area contributed by atoms with Crippen molar-refractivity contribution in [3.63, 3.8) is 0 Å². The molecule has 0 spiro atoms. The lowest BCUT2D eigenvalue weighted by atomic mass is 9.90. The van der Waals surface area contributed by atoms with E-state index in [1.54, 1.807) is 0 Å². The molecule has 0 saturated heterocycles. The number of hydrogen-bond acceptors (Lipinski definition) is 1. The largest absolute Gasteiger partial charge is 0.481 e. The summed E-state index contributed by atoms with van der Waals surface area (Å²) in [5.74, 6) is 0.363. The third kappa shape index (κ3) is 16.7. The van der Waals surface area contributed by atoms with Crippen LogP contribution in [0, 0.1) is 17.8 Å². The number of hydrogen-bond donors (Lipinski definition) is 1. The van der Waals surface area contributed by atoms with Crippen molar-refractivity contribution in [2.75, 3.05) is 0 Å². The summed E-state index contributed by atoms with van der Waals surface area (Å²) in [5.41, 5.74) is 0. The molecule has 25 heavy (non-hydrogen) atoms. The zero-order valence-corrected chi connectivity index (χ0v) is 17.7. The molecule has 0 fully saturated rings. The summed E-state index contributed by atoms with van der Waals surface area (Å²) in [4.78, 5) is 11.1. The SMILES string of the molecule is CC(C)CCCCCCCCCCCCCCCC(C(=O)O)C(C)C. The van der Waals surface area contributed by atoms with Crippen molar-refractivity contribution in [3.05, 3.63) is 0 Å². The number of carbonyl (C=O) groups is 1. The predicted molar refractivity (Wildman–Crippen MR) is 110 cm³/mol. The van der Waals surface area contributed by atoms with E-state index in [9.17, 15) is 4.79 Å². The van der Waals surface area contributed by atoms with Crippen molar-refractivity contribution in [3.8, 4) is 0 Å². The quantitative estimate of drug-likeness (QED) is 0.254. The second-order valence-corrected chi connectivity index (χ2v) is 8.76. The fraction of sp³-hybridized carbons (Fsp3) is 0.957. The molecule has 0 aliphatic heterocycles. The Bertz CT molecular complexity index is 296. The Hall–Kier alpha value is -0.530. The first-order valence-corrected chi connectivity index (χ1v) is 11.2. The van der Waals surface area contributed by atoms with Gasteiger partial charge in [-0.05, 0) is 18.3 Å². The van der Waals surface area contributed by atoms with Crippen LogP contribution in [-0.2, 0) is 4.79 Å². The summed E-state index contributed by atoms with van der Waals surface area (Å²) in [7, 11) is 0. The molecule has 0 heterocycles. The number of unbranched alkanes of at least 4 members (excludes halogenated alkanes) is 12.